The molecule has 7 heteroatoms. The van der Waals surface area contributed by atoms with E-state index in [1.54, 1.807) is 0 Å². The van der Waals surface area contributed by atoms with E-state index in [2.05, 4.69) is 5.32 Å². The van der Waals surface area contributed by atoms with Crippen LogP contribution in [0.2, 0.25) is 0 Å². The van der Waals surface area contributed by atoms with Gasteiger partial charge in [0.25, 0.3) is 0 Å². The van der Waals surface area contributed by atoms with Gasteiger partial charge in [0.15, 0.2) is 0 Å². The fourth-order valence-corrected chi connectivity index (χ4v) is 2.89. The Morgan fingerprint density at radius 2 is 1.83 bits per heavy atom. The van der Waals surface area contributed by atoms with Gasteiger partial charge in [0, 0.05) is 32.7 Å². The summed E-state index contributed by atoms with van der Waals surface area (Å²) in [5.74, 6) is 0.741. The molecule has 1 heterocycles. The number of carbonyl (C=O) groups is 1. The van der Waals surface area contributed by atoms with E-state index in [0.29, 0.717) is 38.6 Å². The second-order valence-corrected chi connectivity index (χ2v) is 7.17. The Labute approximate surface area is 108 Å². The maximum atomic E-state index is 11.6. The molecule has 0 radical (unpaired) electrons. The minimum atomic E-state index is -3.08. The maximum Gasteiger partial charge on any atom is 0.234 e. The summed E-state index contributed by atoms with van der Waals surface area (Å²) in [6, 6.07) is 0. The summed E-state index contributed by atoms with van der Waals surface area (Å²) in [6.45, 7) is 3.39. The van der Waals surface area contributed by atoms with Gasteiger partial charge in [0.2, 0.25) is 15.9 Å². The number of nitrogens with zero attached hydrogens (tertiary/aromatic N) is 2. The first kappa shape index (κ1) is 13.8. The summed E-state index contributed by atoms with van der Waals surface area (Å²) in [7, 11) is -3.08. The fraction of sp³-hybridized carbons (Fsp3) is 0.909. The van der Waals surface area contributed by atoms with Gasteiger partial charge in [-0.2, -0.15) is 4.31 Å². The van der Waals surface area contributed by atoms with Crippen LogP contribution in [0.15, 0.2) is 0 Å². The molecule has 18 heavy (non-hydrogen) atoms. The second kappa shape index (κ2) is 5.54. The van der Waals surface area contributed by atoms with Gasteiger partial charge in [-0.3, -0.25) is 9.69 Å². The molecule has 0 atom stereocenters. The zero-order chi connectivity index (χ0) is 13.2. The Hall–Kier alpha value is -0.660. The highest BCUT2D eigenvalue weighted by molar-refractivity contribution is 7.88. The lowest BCUT2D eigenvalue weighted by atomic mass is 10.3. The Balaban J connectivity index is 1.67. The predicted molar refractivity (Wildman–Crippen MR) is 68.6 cm³/mol. The van der Waals surface area contributed by atoms with Gasteiger partial charge >= 0.3 is 0 Å². The molecule has 1 saturated carbocycles. The van der Waals surface area contributed by atoms with Crippen LogP contribution in [-0.4, -0.2) is 69.1 Å². The van der Waals surface area contributed by atoms with E-state index >= 15 is 0 Å². The molecule has 104 valence electrons. The van der Waals surface area contributed by atoms with Crippen molar-refractivity contribution in [3.63, 3.8) is 0 Å². The SMILES string of the molecule is CS(=O)(=O)N1CCN(CC(=O)NCC2CC2)CC1. The molecule has 1 aliphatic carbocycles. The standard InChI is InChI=1S/C11H21N3O3S/c1-18(16,17)14-6-4-13(5-7-14)9-11(15)12-8-10-2-3-10/h10H,2-9H2,1H3,(H,12,15). The summed E-state index contributed by atoms with van der Waals surface area (Å²) < 4.78 is 24.1. The number of piperazine rings is 1. The summed E-state index contributed by atoms with van der Waals surface area (Å²) in [6.07, 6.45) is 3.69. The molecule has 1 N–H and O–H groups in total. The van der Waals surface area contributed by atoms with E-state index in [-0.39, 0.29) is 5.91 Å². The third kappa shape index (κ3) is 4.22. The predicted octanol–water partition coefficient (Wildman–Crippen LogP) is -0.910. The number of hydrogen-bond donors (Lipinski definition) is 1. The smallest absolute Gasteiger partial charge is 0.234 e. The Bertz CT molecular complexity index is 398. The zero-order valence-corrected chi connectivity index (χ0v) is 11.6. The van der Waals surface area contributed by atoms with Gasteiger partial charge < -0.3 is 5.32 Å². The van der Waals surface area contributed by atoms with Crippen LogP contribution in [0, 0.1) is 5.92 Å². The van der Waals surface area contributed by atoms with Crippen LogP contribution in [0.5, 0.6) is 0 Å². The molecule has 0 bridgehead atoms. The third-order valence-electron chi connectivity index (χ3n) is 3.45. The van der Waals surface area contributed by atoms with Crippen molar-refractivity contribution in [2.75, 3.05) is 45.5 Å². The molecule has 6 nitrogen and oxygen atoms in total. The normalized spacial score (nSPS) is 22.9. The molecule has 1 amide bonds. The lowest BCUT2D eigenvalue weighted by Crippen LogP contribution is -2.50. The zero-order valence-electron chi connectivity index (χ0n) is 10.8. The van der Waals surface area contributed by atoms with E-state index < -0.39 is 10.0 Å². The number of carbonyl (C=O) groups excluding carboxylic acids is 1. The molecule has 2 rings (SSSR count). The largest absolute Gasteiger partial charge is 0.355 e. The molecule has 0 spiro atoms. The topological polar surface area (TPSA) is 69.7 Å². The van der Waals surface area contributed by atoms with Crippen molar-refractivity contribution in [2.24, 2.45) is 5.92 Å². The first-order valence-electron chi connectivity index (χ1n) is 6.39. The Kier molecular flexibility index (Phi) is 4.24. The van der Waals surface area contributed by atoms with Gasteiger partial charge in [-0.1, -0.05) is 0 Å². The molecule has 2 fully saturated rings. The summed E-state index contributed by atoms with van der Waals surface area (Å²) >= 11 is 0. The van der Waals surface area contributed by atoms with Crippen LogP contribution in [0.25, 0.3) is 0 Å². The van der Waals surface area contributed by atoms with Crippen molar-refractivity contribution < 1.29 is 13.2 Å². The second-order valence-electron chi connectivity index (χ2n) is 5.19. The van der Waals surface area contributed by atoms with Gasteiger partial charge in [-0.15, -0.1) is 0 Å². The number of amides is 1. The molecule has 1 aliphatic heterocycles. The molecule has 0 unspecified atom stereocenters. The van der Waals surface area contributed by atoms with Crippen molar-refractivity contribution in [1.29, 1.82) is 0 Å². The minimum absolute atomic E-state index is 0.0507. The molecule has 0 aromatic heterocycles. The number of hydrogen-bond acceptors (Lipinski definition) is 4. The Morgan fingerprint density at radius 1 is 1.22 bits per heavy atom. The van der Waals surface area contributed by atoms with E-state index in [1.807, 2.05) is 4.90 Å². The first-order valence-corrected chi connectivity index (χ1v) is 8.24. The summed E-state index contributed by atoms with van der Waals surface area (Å²) in [5.41, 5.74) is 0. The Morgan fingerprint density at radius 3 is 2.33 bits per heavy atom. The van der Waals surface area contributed by atoms with Crippen LogP contribution in [-0.2, 0) is 14.8 Å². The number of rotatable bonds is 5. The quantitative estimate of drug-likeness (QED) is 0.705. The number of nitrogens with one attached hydrogen (secondary N) is 1. The molecule has 1 saturated heterocycles. The molecular weight excluding hydrogens is 254 g/mol. The monoisotopic (exact) mass is 275 g/mol. The van der Waals surface area contributed by atoms with Gasteiger partial charge in [0.1, 0.15) is 0 Å². The van der Waals surface area contributed by atoms with Gasteiger partial charge in [0.05, 0.1) is 12.8 Å². The minimum Gasteiger partial charge on any atom is -0.355 e. The van der Waals surface area contributed by atoms with Crippen molar-refractivity contribution in [3.8, 4) is 0 Å². The molecule has 0 aromatic carbocycles. The average Bonchev–Trinajstić information content (AvgIpc) is 3.09. The van der Waals surface area contributed by atoms with E-state index in [0.717, 1.165) is 6.54 Å². The summed E-state index contributed by atoms with van der Waals surface area (Å²) in [5, 5.41) is 2.92. The van der Waals surface area contributed by atoms with E-state index in [1.165, 1.54) is 23.4 Å². The average molecular weight is 275 g/mol. The maximum absolute atomic E-state index is 11.6. The molecular formula is C11H21N3O3S. The first-order chi connectivity index (χ1) is 8.45. The fourth-order valence-electron chi connectivity index (χ4n) is 2.06. The molecule has 2 aliphatic rings. The van der Waals surface area contributed by atoms with E-state index in [9.17, 15) is 13.2 Å². The van der Waals surface area contributed by atoms with Crippen LogP contribution in [0.1, 0.15) is 12.8 Å². The van der Waals surface area contributed by atoms with Crippen molar-refractivity contribution >= 4 is 15.9 Å². The third-order valence-corrected chi connectivity index (χ3v) is 4.76. The van der Waals surface area contributed by atoms with Crippen molar-refractivity contribution in [2.45, 2.75) is 12.8 Å². The highest BCUT2D eigenvalue weighted by atomic mass is 32.2. The van der Waals surface area contributed by atoms with Crippen molar-refractivity contribution in [3.05, 3.63) is 0 Å². The highest BCUT2D eigenvalue weighted by Crippen LogP contribution is 2.27. The van der Waals surface area contributed by atoms with Gasteiger partial charge in [-0.25, -0.2) is 8.42 Å². The van der Waals surface area contributed by atoms with Crippen LogP contribution in [0.3, 0.4) is 0 Å². The lowest BCUT2D eigenvalue weighted by Gasteiger charge is -2.32. The number of sulfonamides is 1. The van der Waals surface area contributed by atoms with Gasteiger partial charge in [-0.05, 0) is 18.8 Å². The van der Waals surface area contributed by atoms with Crippen molar-refractivity contribution in [1.82, 2.24) is 14.5 Å². The van der Waals surface area contributed by atoms with Crippen LogP contribution in [0.4, 0.5) is 0 Å². The molecule has 0 aromatic rings. The van der Waals surface area contributed by atoms with E-state index in [4.69, 9.17) is 0 Å². The lowest BCUT2D eigenvalue weighted by molar-refractivity contribution is -0.122. The van der Waals surface area contributed by atoms with Crippen LogP contribution >= 0.6 is 0 Å². The van der Waals surface area contributed by atoms with Crippen LogP contribution < -0.4 is 5.32 Å². The highest BCUT2D eigenvalue weighted by Gasteiger charge is 2.25. The summed E-state index contributed by atoms with van der Waals surface area (Å²) in [4.78, 5) is 13.6.